The summed E-state index contributed by atoms with van der Waals surface area (Å²) in [7, 11) is 1.29. The maximum absolute atomic E-state index is 13.6. The number of aromatic amines is 1. The number of Topliss-reactive ketones (excluding diaryl/α,β-unsaturated/α-hetero) is 2. The molecular weight excluding hydrogens is 492 g/mol. The summed E-state index contributed by atoms with van der Waals surface area (Å²) >= 11 is 6.10. The molecule has 2 unspecified atom stereocenters. The van der Waals surface area contributed by atoms with E-state index in [9.17, 15) is 19.2 Å². The fourth-order valence-corrected chi connectivity index (χ4v) is 5.12. The van der Waals surface area contributed by atoms with Gasteiger partial charge < -0.3 is 14.6 Å². The van der Waals surface area contributed by atoms with Gasteiger partial charge >= 0.3 is 5.97 Å². The van der Waals surface area contributed by atoms with Crippen molar-refractivity contribution in [2.75, 3.05) is 13.7 Å². The van der Waals surface area contributed by atoms with Crippen molar-refractivity contribution in [3.63, 3.8) is 0 Å². The quantitative estimate of drug-likeness (QED) is 0.165. The molecule has 0 radical (unpaired) electrons. The van der Waals surface area contributed by atoms with E-state index in [0.717, 1.165) is 16.5 Å². The molecule has 1 aliphatic rings. The second-order valence-corrected chi connectivity index (χ2v) is 9.32. The van der Waals surface area contributed by atoms with Crippen LogP contribution in [0.4, 0.5) is 0 Å². The van der Waals surface area contributed by atoms with Crippen molar-refractivity contribution >= 4 is 45.9 Å². The number of nitrogens with one attached hydrogen (secondary N) is 1. The number of ether oxygens (including phenoxy) is 1. The zero-order valence-corrected chi connectivity index (χ0v) is 20.7. The highest BCUT2D eigenvalue weighted by molar-refractivity contribution is 6.44. The second kappa shape index (κ2) is 10.0. The van der Waals surface area contributed by atoms with Crippen LogP contribution in [0.2, 0.25) is 5.02 Å². The molecule has 7 nitrogen and oxygen atoms in total. The van der Waals surface area contributed by atoms with E-state index in [2.05, 4.69) is 4.98 Å². The van der Waals surface area contributed by atoms with Crippen LogP contribution in [0.25, 0.3) is 10.9 Å². The van der Waals surface area contributed by atoms with Crippen molar-refractivity contribution in [2.45, 2.75) is 12.5 Å². The molecule has 37 heavy (non-hydrogen) atoms. The van der Waals surface area contributed by atoms with Gasteiger partial charge in [0, 0.05) is 34.2 Å². The second-order valence-electron chi connectivity index (χ2n) is 8.88. The summed E-state index contributed by atoms with van der Waals surface area (Å²) in [6, 6.07) is 19.8. The van der Waals surface area contributed by atoms with Crippen LogP contribution in [-0.2, 0) is 20.7 Å². The lowest BCUT2D eigenvalue weighted by Gasteiger charge is -2.27. The van der Waals surface area contributed by atoms with E-state index in [1.165, 1.54) is 18.1 Å². The lowest BCUT2D eigenvalue weighted by atomic mass is 9.86. The summed E-state index contributed by atoms with van der Waals surface area (Å²) < 4.78 is 4.77. The molecule has 1 amide bonds. The SMILES string of the molecule is COC(=O)c1ccc(C2C(C(=O)c3cccc(Cl)c3)C(=O)C(=O)N2CCc2c[nH]c3ccccc23)cc1. The zero-order chi connectivity index (χ0) is 26.1. The Morgan fingerprint density at radius 3 is 2.46 bits per heavy atom. The molecule has 0 bridgehead atoms. The van der Waals surface area contributed by atoms with Gasteiger partial charge in [-0.05, 0) is 47.9 Å². The molecule has 186 valence electrons. The van der Waals surface area contributed by atoms with E-state index in [4.69, 9.17) is 16.3 Å². The number of likely N-dealkylation sites (tertiary alicyclic amines) is 1. The highest BCUT2D eigenvalue weighted by Gasteiger charge is 2.51. The molecule has 8 heteroatoms. The number of rotatable bonds is 7. The average Bonchev–Trinajstić information content (AvgIpc) is 3.44. The van der Waals surface area contributed by atoms with Gasteiger partial charge in [0.1, 0.15) is 5.92 Å². The zero-order valence-electron chi connectivity index (χ0n) is 19.9. The van der Waals surface area contributed by atoms with E-state index >= 15 is 0 Å². The molecule has 0 saturated carbocycles. The highest BCUT2D eigenvalue weighted by Crippen LogP contribution is 2.39. The van der Waals surface area contributed by atoms with Crippen LogP contribution in [0, 0.1) is 5.92 Å². The summed E-state index contributed by atoms with van der Waals surface area (Å²) in [6.45, 7) is 0.231. The number of hydrogen-bond acceptors (Lipinski definition) is 5. The number of fused-ring (bicyclic) bond motifs is 1. The maximum Gasteiger partial charge on any atom is 0.337 e. The summed E-state index contributed by atoms with van der Waals surface area (Å²) in [5.41, 5.74) is 3.13. The van der Waals surface area contributed by atoms with E-state index in [1.54, 1.807) is 42.5 Å². The fourth-order valence-electron chi connectivity index (χ4n) is 4.93. The number of carbonyl (C=O) groups excluding carboxylic acids is 4. The summed E-state index contributed by atoms with van der Waals surface area (Å²) in [5, 5.41) is 1.39. The first-order valence-electron chi connectivity index (χ1n) is 11.8. The summed E-state index contributed by atoms with van der Waals surface area (Å²) in [4.78, 5) is 56.7. The Kier molecular flexibility index (Phi) is 6.63. The fraction of sp³-hybridized carbons (Fsp3) is 0.172. The standard InChI is InChI=1S/C29H23ClN2O5/c1-37-29(36)18-11-9-17(10-12-18)25-24(26(33)19-5-4-6-21(30)15-19)27(34)28(35)32(25)14-13-20-16-31-23-8-3-2-7-22(20)23/h2-12,15-16,24-25,31H,13-14H2,1H3. The molecule has 0 spiro atoms. The monoisotopic (exact) mass is 514 g/mol. The van der Waals surface area contributed by atoms with E-state index in [1.807, 2.05) is 30.5 Å². The van der Waals surface area contributed by atoms with E-state index in [0.29, 0.717) is 22.6 Å². The number of hydrogen-bond donors (Lipinski definition) is 1. The van der Waals surface area contributed by atoms with Gasteiger partial charge in [-0.2, -0.15) is 0 Å². The van der Waals surface area contributed by atoms with Gasteiger partial charge in [-0.25, -0.2) is 4.79 Å². The highest BCUT2D eigenvalue weighted by atomic mass is 35.5. The van der Waals surface area contributed by atoms with Gasteiger partial charge in [-0.1, -0.05) is 54.1 Å². The Balaban J connectivity index is 1.52. The number of ketones is 2. The number of methoxy groups -OCH3 is 1. The lowest BCUT2D eigenvalue weighted by molar-refractivity contribution is -0.140. The first-order valence-corrected chi connectivity index (χ1v) is 12.1. The van der Waals surface area contributed by atoms with Crippen LogP contribution in [0.3, 0.4) is 0 Å². The third-order valence-corrected chi connectivity index (χ3v) is 7.00. The molecule has 4 aromatic rings. The minimum atomic E-state index is -1.24. The number of nitrogens with zero attached hydrogens (tertiary/aromatic N) is 1. The van der Waals surface area contributed by atoms with Gasteiger partial charge in [0.15, 0.2) is 5.78 Å². The van der Waals surface area contributed by atoms with E-state index < -0.39 is 35.4 Å². The van der Waals surface area contributed by atoms with Crippen molar-refractivity contribution in [3.05, 3.63) is 106 Å². The van der Waals surface area contributed by atoms with Crippen LogP contribution in [0.1, 0.15) is 37.9 Å². The molecule has 1 aliphatic heterocycles. The molecule has 5 rings (SSSR count). The number of H-pyrrole nitrogens is 1. The topological polar surface area (TPSA) is 96.5 Å². The van der Waals surface area contributed by atoms with Gasteiger partial charge in [0.2, 0.25) is 5.78 Å². The Hall–Kier alpha value is -4.23. The first kappa shape index (κ1) is 24.5. The molecule has 3 aromatic carbocycles. The average molecular weight is 515 g/mol. The minimum Gasteiger partial charge on any atom is -0.465 e. The van der Waals surface area contributed by atoms with Crippen LogP contribution < -0.4 is 0 Å². The molecular formula is C29H23ClN2O5. The van der Waals surface area contributed by atoms with E-state index in [-0.39, 0.29) is 12.1 Å². The molecule has 1 N–H and O–H groups in total. The molecule has 0 aliphatic carbocycles. The molecule has 2 heterocycles. The third-order valence-electron chi connectivity index (χ3n) is 6.77. The molecule has 1 fully saturated rings. The predicted molar refractivity (Wildman–Crippen MR) is 139 cm³/mol. The van der Waals surface area contributed by atoms with Crippen molar-refractivity contribution in [1.29, 1.82) is 0 Å². The number of para-hydroxylation sites is 1. The van der Waals surface area contributed by atoms with Crippen LogP contribution >= 0.6 is 11.6 Å². The van der Waals surface area contributed by atoms with Gasteiger partial charge in [0.05, 0.1) is 18.7 Å². The lowest BCUT2D eigenvalue weighted by Crippen LogP contribution is -2.32. The molecule has 1 aromatic heterocycles. The Bertz CT molecular complexity index is 1520. The summed E-state index contributed by atoms with van der Waals surface area (Å²) in [6.07, 6.45) is 2.37. The number of aromatic nitrogens is 1. The van der Waals surface area contributed by atoms with Crippen LogP contribution in [-0.4, -0.2) is 47.0 Å². The number of esters is 1. The summed E-state index contributed by atoms with van der Waals surface area (Å²) in [5.74, 6) is -3.68. The first-order chi connectivity index (χ1) is 17.9. The smallest absolute Gasteiger partial charge is 0.337 e. The molecule has 1 saturated heterocycles. The van der Waals surface area contributed by atoms with Gasteiger partial charge in [0.25, 0.3) is 5.91 Å². The predicted octanol–water partition coefficient (Wildman–Crippen LogP) is 4.80. The van der Waals surface area contributed by atoms with Gasteiger partial charge in [-0.15, -0.1) is 0 Å². The molecule has 2 atom stereocenters. The largest absolute Gasteiger partial charge is 0.465 e. The Morgan fingerprint density at radius 1 is 0.973 bits per heavy atom. The van der Waals surface area contributed by atoms with Crippen LogP contribution in [0.5, 0.6) is 0 Å². The Labute approximate surface area is 218 Å². The number of amides is 1. The minimum absolute atomic E-state index is 0.231. The van der Waals surface area contributed by atoms with Crippen LogP contribution in [0.15, 0.2) is 79.0 Å². The van der Waals surface area contributed by atoms with Crippen molar-refractivity contribution < 1.29 is 23.9 Å². The number of carbonyl (C=O) groups is 4. The van der Waals surface area contributed by atoms with Crippen molar-refractivity contribution in [3.8, 4) is 0 Å². The van der Waals surface area contributed by atoms with Gasteiger partial charge in [-0.3, -0.25) is 14.4 Å². The normalized spacial score (nSPS) is 17.4. The number of benzene rings is 3. The van der Waals surface area contributed by atoms with Crippen molar-refractivity contribution in [1.82, 2.24) is 9.88 Å². The van der Waals surface area contributed by atoms with Crippen molar-refractivity contribution in [2.24, 2.45) is 5.92 Å². The number of halogens is 1. The third kappa shape index (κ3) is 4.54. The Morgan fingerprint density at radius 2 is 1.73 bits per heavy atom. The maximum atomic E-state index is 13.6.